The summed E-state index contributed by atoms with van der Waals surface area (Å²) in [7, 11) is 7.77. The number of aliphatic hydroxyl groups excluding tert-OH is 2. The molecule has 0 bridgehead atoms. The van der Waals surface area contributed by atoms with Crippen molar-refractivity contribution in [2.75, 3.05) is 47.8 Å². The standard InChI is InChI=1S/C39H70N4O8/c1-12-34-26(4)20-24(2)14-15-32(44)25(3)21-30(16-19-43(38(48)29(7)40)18-13-17-41(8)9)37(28(6)33(45)23-35(46)50-34)51-39-36(47)31(42(10)11)22-27(5)49-39/h14-15,20,25-31,33-34,36-37,39,45,47H,12-13,16-19,21-23,40H2,1-11H3/b15-14+,24-20+/t25-,26+,27-,28+,29+,30+,31+,33?,34-,36-,37-,39+/m1/s1. The van der Waals surface area contributed by atoms with Gasteiger partial charge in [0.25, 0.3) is 0 Å². The second-order valence-corrected chi connectivity index (χ2v) is 15.7. The van der Waals surface area contributed by atoms with Crippen LogP contribution < -0.4 is 5.73 Å². The molecule has 0 saturated carbocycles. The fraction of sp³-hybridized carbons (Fsp3) is 0.821. The van der Waals surface area contributed by atoms with E-state index in [-0.39, 0.29) is 42.1 Å². The molecule has 0 spiro atoms. The number of likely N-dealkylation sites (N-methyl/N-ethyl adjacent to an activating group) is 1. The highest BCUT2D eigenvalue weighted by atomic mass is 16.7. The lowest BCUT2D eigenvalue weighted by atomic mass is 9.79. The molecule has 1 saturated heterocycles. The number of ketones is 1. The van der Waals surface area contributed by atoms with Gasteiger partial charge < -0.3 is 44.9 Å². The molecule has 0 aliphatic carbocycles. The van der Waals surface area contributed by atoms with E-state index < -0.39 is 54.6 Å². The van der Waals surface area contributed by atoms with Crippen LogP contribution in [0.25, 0.3) is 0 Å². The fourth-order valence-electron chi connectivity index (χ4n) is 7.29. The zero-order chi connectivity index (χ0) is 38.6. The first-order valence-electron chi connectivity index (χ1n) is 19.0. The molecule has 0 radical (unpaired) electrons. The molecule has 12 atom stereocenters. The van der Waals surface area contributed by atoms with Crippen LogP contribution in [0.15, 0.2) is 23.8 Å². The molecule has 0 aromatic rings. The zero-order valence-corrected chi connectivity index (χ0v) is 33.3. The Morgan fingerprint density at radius 3 is 2.29 bits per heavy atom. The Labute approximate surface area is 307 Å². The van der Waals surface area contributed by atoms with Crippen LogP contribution in [0.5, 0.6) is 0 Å². The predicted molar refractivity (Wildman–Crippen MR) is 200 cm³/mol. The van der Waals surface area contributed by atoms with Crippen LogP contribution in [0, 0.1) is 23.7 Å². The van der Waals surface area contributed by atoms with Crippen LogP contribution in [0.2, 0.25) is 0 Å². The maximum absolute atomic E-state index is 13.6. The van der Waals surface area contributed by atoms with Gasteiger partial charge in [-0.15, -0.1) is 0 Å². The molecule has 2 rings (SSSR count). The van der Waals surface area contributed by atoms with Gasteiger partial charge in [-0.25, -0.2) is 0 Å². The summed E-state index contributed by atoms with van der Waals surface area (Å²) in [6.07, 6.45) is 3.35. The van der Waals surface area contributed by atoms with Crippen molar-refractivity contribution in [2.45, 2.75) is 136 Å². The van der Waals surface area contributed by atoms with Crippen molar-refractivity contribution >= 4 is 17.7 Å². The average Bonchev–Trinajstić information content (AvgIpc) is 3.05. The summed E-state index contributed by atoms with van der Waals surface area (Å²) in [4.78, 5) is 46.0. The molecular formula is C39H70N4O8. The minimum Gasteiger partial charge on any atom is -0.462 e. The topological polar surface area (TPSA) is 155 Å². The Kier molecular flexibility index (Phi) is 19.0. The van der Waals surface area contributed by atoms with Gasteiger partial charge in [0.1, 0.15) is 12.2 Å². The normalized spacial score (nSPS) is 35.6. The molecule has 0 aromatic carbocycles. The van der Waals surface area contributed by atoms with E-state index in [4.69, 9.17) is 19.9 Å². The summed E-state index contributed by atoms with van der Waals surface area (Å²) in [5, 5.41) is 23.1. The third kappa shape index (κ3) is 14.3. The molecule has 2 heterocycles. The molecule has 0 aromatic heterocycles. The van der Waals surface area contributed by atoms with Crippen molar-refractivity contribution < 1.29 is 38.8 Å². The van der Waals surface area contributed by atoms with E-state index in [1.54, 1.807) is 24.0 Å². The summed E-state index contributed by atoms with van der Waals surface area (Å²) in [6.45, 7) is 14.8. The third-order valence-electron chi connectivity index (χ3n) is 10.5. The molecule has 4 N–H and O–H groups in total. The maximum atomic E-state index is 13.6. The number of nitrogens with zero attached hydrogens (tertiary/aromatic N) is 3. The first-order chi connectivity index (χ1) is 23.9. The molecule has 1 amide bonds. The number of hydrogen-bond donors (Lipinski definition) is 3. The van der Waals surface area contributed by atoms with Crippen LogP contribution in [0.3, 0.4) is 0 Å². The summed E-state index contributed by atoms with van der Waals surface area (Å²) >= 11 is 0. The molecule has 51 heavy (non-hydrogen) atoms. The number of ether oxygens (including phenoxy) is 3. The van der Waals surface area contributed by atoms with Gasteiger partial charge in [-0.2, -0.15) is 0 Å². The van der Waals surface area contributed by atoms with Gasteiger partial charge >= 0.3 is 5.97 Å². The van der Waals surface area contributed by atoms with E-state index in [0.717, 1.165) is 18.5 Å². The predicted octanol–water partition coefficient (Wildman–Crippen LogP) is 3.39. The average molecular weight is 723 g/mol. The number of esters is 1. The maximum Gasteiger partial charge on any atom is 0.308 e. The number of amides is 1. The molecule has 12 heteroatoms. The highest BCUT2D eigenvalue weighted by Gasteiger charge is 2.43. The summed E-state index contributed by atoms with van der Waals surface area (Å²) in [5.74, 6) is -2.27. The SMILES string of the molecule is CC[C@H]1OC(=O)CC(O)[C@H](C)[C@@H](O[C@@H]2O[C@H](C)C[C@H](N(C)C)[C@H]2O)[C@@H](CCN(CCCN(C)C)C(=O)[C@H](C)N)C[C@@H](C)C(=O)/C=C/C(C)=C/[C@@H]1C. The first-order valence-corrected chi connectivity index (χ1v) is 19.0. The van der Waals surface area contributed by atoms with Crippen molar-refractivity contribution in [1.82, 2.24) is 14.7 Å². The second kappa shape index (κ2) is 21.5. The highest BCUT2D eigenvalue weighted by Crippen LogP contribution is 2.34. The molecule has 1 fully saturated rings. The van der Waals surface area contributed by atoms with Crippen LogP contribution in [-0.4, -0.2) is 139 Å². The van der Waals surface area contributed by atoms with Gasteiger partial charge in [-0.05, 0) is 99.6 Å². The van der Waals surface area contributed by atoms with Crippen molar-refractivity contribution in [2.24, 2.45) is 29.4 Å². The summed E-state index contributed by atoms with van der Waals surface area (Å²) in [5.41, 5.74) is 6.97. The Bertz CT molecular complexity index is 1160. The lowest BCUT2D eigenvalue weighted by Gasteiger charge is -2.44. The van der Waals surface area contributed by atoms with E-state index in [9.17, 15) is 24.6 Å². The molecule has 2 aliphatic heterocycles. The number of carbonyl (C=O) groups excluding carboxylic acids is 3. The van der Waals surface area contributed by atoms with E-state index in [0.29, 0.717) is 38.8 Å². The number of allylic oxidation sites excluding steroid dienone is 3. The quantitative estimate of drug-likeness (QED) is 0.254. The van der Waals surface area contributed by atoms with Crippen LogP contribution in [-0.2, 0) is 28.6 Å². The second-order valence-electron chi connectivity index (χ2n) is 15.7. The molecular weight excluding hydrogens is 652 g/mol. The number of carbonyl (C=O) groups is 3. The number of hydrogen-bond acceptors (Lipinski definition) is 11. The molecule has 294 valence electrons. The van der Waals surface area contributed by atoms with E-state index in [2.05, 4.69) is 4.90 Å². The van der Waals surface area contributed by atoms with Crippen LogP contribution in [0.4, 0.5) is 0 Å². The zero-order valence-electron chi connectivity index (χ0n) is 33.3. The van der Waals surface area contributed by atoms with Crippen molar-refractivity contribution in [3.05, 3.63) is 23.8 Å². The number of nitrogens with two attached hydrogens (primary N) is 1. The monoisotopic (exact) mass is 723 g/mol. The van der Waals surface area contributed by atoms with Gasteiger partial charge in [0, 0.05) is 36.9 Å². The smallest absolute Gasteiger partial charge is 0.308 e. The number of cyclic esters (lactones) is 1. The largest absolute Gasteiger partial charge is 0.462 e. The Morgan fingerprint density at radius 2 is 1.71 bits per heavy atom. The Morgan fingerprint density at radius 1 is 1.04 bits per heavy atom. The lowest BCUT2D eigenvalue weighted by molar-refractivity contribution is -0.283. The van der Waals surface area contributed by atoms with Crippen LogP contribution >= 0.6 is 0 Å². The minimum atomic E-state index is -1.15. The van der Waals surface area contributed by atoms with Gasteiger partial charge in [0.05, 0.1) is 30.8 Å². The Hall–Kier alpha value is -2.19. The van der Waals surface area contributed by atoms with Crippen molar-refractivity contribution in [3.8, 4) is 0 Å². The summed E-state index contributed by atoms with van der Waals surface area (Å²) < 4.78 is 18.8. The molecule has 2 aliphatic rings. The lowest BCUT2D eigenvalue weighted by Crippen LogP contribution is -2.56. The van der Waals surface area contributed by atoms with E-state index in [1.807, 2.05) is 80.7 Å². The van der Waals surface area contributed by atoms with Gasteiger partial charge in [-0.1, -0.05) is 45.4 Å². The van der Waals surface area contributed by atoms with Crippen LogP contribution in [0.1, 0.15) is 87.0 Å². The van der Waals surface area contributed by atoms with Crippen molar-refractivity contribution in [1.29, 1.82) is 0 Å². The van der Waals surface area contributed by atoms with Crippen molar-refractivity contribution in [3.63, 3.8) is 0 Å². The summed E-state index contributed by atoms with van der Waals surface area (Å²) in [6, 6.07) is -0.920. The van der Waals surface area contributed by atoms with Gasteiger partial charge in [0.15, 0.2) is 12.1 Å². The number of aliphatic hydroxyl groups is 2. The fourth-order valence-corrected chi connectivity index (χ4v) is 7.29. The molecule has 1 unspecified atom stereocenters. The third-order valence-corrected chi connectivity index (χ3v) is 10.5. The first kappa shape index (κ1) is 45.0. The Balaban J connectivity index is 2.63. The van der Waals surface area contributed by atoms with Gasteiger partial charge in [-0.3, -0.25) is 14.4 Å². The minimum absolute atomic E-state index is 0.0531. The van der Waals surface area contributed by atoms with E-state index >= 15 is 0 Å². The number of rotatable bonds is 12. The highest BCUT2D eigenvalue weighted by molar-refractivity contribution is 5.91. The van der Waals surface area contributed by atoms with E-state index in [1.165, 1.54) is 0 Å². The van der Waals surface area contributed by atoms with Gasteiger partial charge in [0.2, 0.25) is 5.91 Å². The molecule has 12 nitrogen and oxygen atoms in total.